The van der Waals surface area contributed by atoms with E-state index in [9.17, 15) is 18.0 Å². The first-order valence-corrected chi connectivity index (χ1v) is 10.0. The Balaban J connectivity index is 1.65. The normalized spacial score (nSPS) is 21.8. The molecule has 1 aromatic carbocycles. The lowest BCUT2D eigenvalue weighted by molar-refractivity contribution is -0.142. The van der Waals surface area contributed by atoms with E-state index < -0.39 is 18.3 Å². The molecule has 1 unspecified atom stereocenters. The average molecular weight is 410 g/mol. The predicted octanol–water partition coefficient (Wildman–Crippen LogP) is 2.43. The molecular formula is C20H25F3N4O2. The molecule has 1 aromatic heterocycles. The Kier molecular flexibility index (Phi) is 5.89. The molecule has 0 radical (unpaired) electrons. The van der Waals surface area contributed by atoms with Crippen LogP contribution in [0.25, 0.3) is 10.9 Å². The summed E-state index contributed by atoms with van der Waals surface area (Å²) in [5, 5.41) is 0.221. The van der Waals surface area contributed by atoms with Crippen molar-refractivity contribution in [3.8, 4) is 0 Å². The molecule has 6 nitrogen and oxygen atoms in total. The van der Waals surface area contributed by atoms with E-state index >= 15 is 0 Å². The number of hydrogen-bond acceptors (Lipinski definition) is 5. The molecule has 9 heteroatoms. The van der Waals surface area contributed by atoms with Crippen LogP contribution in [0.2, 0.25) is 0 Å². The molecule has 4 rings (SSSR count). The van der Waals surface area contributed by atoms with E-state index in [0.29, 0.717) is 25.2 Å². The summed E-state index contributed by atoms with van der Waals surface area (Å²) in [6.45, 7) is 4.20. The third-order valence-corrected chi connectivity index (χ3v) is 5.70. The van der Waals surface area contributed by atoms with Crippen LogP contribution in [0.15, 0.2) is 29.1 Å². The largest absolute Gasteiger partial charge is 0.406 e. The monoisotopic (exact) mass is 410 g/mol. The molecule has 0 bridgehead atoms. The van der Waals surface area contributed by atoms with Gasteiger partial charge in [-0.15, -0.1) is 0 Å². The number of hydrogen-bond donors (Lipinski definition) is 0. The Labute approximate surface area is 166 Å². The second-order valence-corrected chi connectivity index (χ2v) is 7.64. The van der Waals surface area contributed by atoms with Gasteiger partial charge in [-0.3, -0.25) is 19.2 Å². The minimum Gasteiger partial charge on any atom is -0.379 e. The van der Waals surface area contributed by atoms with E-state index in [1.807, 2.05) is 0 Å². The Bertz CT molecular complexity index is 909. The summed E-state index contributed by atoms with van der Waals surface area (Å²) >= 11 is 0. The zero-order chi connectivity index (χ0) is 20.4. The first kappa shape index (κ1) is 20.3. The highest BCUT2D eigenvalue weighted by Gasteiger charge is 2.35. The molecule has 2 fully saturated rings. The maximum Gasteiger partial charge on any atom is 0.406 e. The van der Waals surface area contributed by atoms with Crippen LogP contribution in [0, 0.1) is 0 Å². The fourth-order valence-electron chi connectivity index (χ4n) is 4.25. The number of para-hydroxylation sites is 1. The third kappa shape index (κ3) is 4.62. The molecule has 0 N–H and O–H groups in total. The Morgan fingerprint density at radius 3 is 2.62 bits per heavy atom. The van der Waals surface area contributed by atoms with Crippen LogP contribution in [0.4, 0.5) is 13.2 Å². The minimum absolute atomic E-state index is 0.221. The van der Waals surface area contributed by atoms with E-state index in [-0.39, 0.29) is 17.3 Å². The van der Waals surface area contributed by atoms with E-state index in [2.05, 4.69) is 14.8 Å². The minimum atomic E-state index is -4.49. The number of ether oxygens (including phenoxy) is 1. The van der Waals surface area contributed by atoms with Gasteiger partial charge in [-0.2, -0.15) is 13.2 Å². The molecule has 0 amide bonds. The summed E-state index contributed by atoms with van der Waals surface area (Å²) in [5.41, 5.74) is -0.172. The second-order valence-electron chi connectivity index (χ2n) is 7.64. The number of halogens is 3. The highest BCUT2D eigenvalue weighted by atomic mass is 19.4. The topological polar surface area (TPSA) is 50.6 Å². The first-order chi connectivity index (χ1) is 13.9. The number of morpholine rings is 1. The molecule has 3 heterocycles. The highest BCUT2D eigenvalue weighted by Crippen LogP contribution is 2.32. The summed E-state index contributed by atoms with van der Waals surface area (Å²) in [6, 6.07) is 6.33. The van der Waals surface area contributed by atoms with Crippen LogP contribution >= 0.6 is 0 Å². The van der Waals surface area contributed by atoms with Crippen molar-refractivity contribution in [2.45, 2.75) is 31.6 Å². The number of fused-ring (bicyclic) bond motifs is 1. The van der Waals surface area contributed by atoms with Gasteiger partial charge in [-0.25, -0.2) is 4.98 Å². The maximum absolute atomic E-state index is 13.3. The number of alkyl halides is 3. The number of nitrogens with zero attached hydrogens (tertiary/aromatic N) is 4. The maximum atomic E-state index is 13.3. The Morgan fingerprint density at radius 1 is 1.10 bits per heavy atom. The molecule has 29 heavy (non-hydrogen) atoms. The van der Waals surface area contributed by atoms with Crippen molar-refractivity contribution >= 4 is 10.9 Å². The van der Waals surface area contributed by atoms with Crippen LogP contribution in [0.3, 0.4) is 0 Å². The van der Waals surface area contributed by atoms with Crippen LogP contribution < -0.4 is 5.56 Å². The van der Waals surface area contributed by atoms with Gasteiger partial charge in [0, 0.05) is 26.2 Å². The van der Waals surface area contributed by atoms with Crippen molar-refractivity contribution in [1.29, 1.82) is 0 Å². The smallest absolute Gasteiger partial charge is 0.379 e. The van der Waals surface area contributed by atoms with Crippen molar-refractivity contribution in [3.05, 3.63) is 40.4 Å². The van der Waals surface area contributed by atoms with Crippen molar-refractivity contribution in [2.24, 2.45) is 0 Å². The molecule has 0 saturated carbocycles. The third-order valence-electron chi connectivity index (χ3n) is 5.70. The molecule has 158 valence electrons. The van der Waals surface area contributed by atoms with Crippen molar-refractivity contribution in [2.75, 3.05) is 45.9 Å². The van der Waals surface area contributed by atoms with Gasteiger partial charge >= 0.3 is 6.18 Å². The van der Waals surface area contributed by atoms with E-state index in [1.54, 1.807) is 18.2 Å². The van der Waals surface area contributed by atoms with Crippen LogP contribution in [0.1, 0.15) is 24.7 Å². The second kappa shape index (κ2) is 8.41. The van der Waals surface area contributed by atoms with Crippen molar-refractivity contribution in [1.82, 2.24) is 19.4 Å². The lowest BCUT2D eigenvalue weighted by Crippen LogP contribution is -2.42. The van der Waals surface area contributed by atoms with Gasteiger partial charge in [0.2, 0.25) is 0 Å². The lowest BCUT2D eigenvalue weighted by Gasteiger charge is -2.31. The molecule has 2 aliphatic heterocycles. The van der Waals surface area contributed by atoms with E-state index in [1.165, 1.54) is 6.07 Å². The molecule has 0 spiro atoms. The summed E-state index contributed by atoms with van der Waals surface area (Å²) in [7, 11) is 0. The lowest BCUT2D eigenvalue weighted by atomic mass is 10.1. The fraction of sp³-hybridized carbons (Fsp3) is 0.600. The van der Waals surface area contributed by atoms with Gasteiger partial charge in [-0.05, 0) is 31.5 Å². The number of likely N-dealkylation sites (tertiary alicyclic amines) is 1. The van der Waals surface area contributed by atoms with Gasteiger partial charge in [-0.1, -0.05) is 12.1 Å². The summed E-state index contributed by atoms with van der Waals surface area (Å²) in [4.78, 5) is 21.9. The summed E-state index contributed by atoms with van der Waals surface area (Å²) in [5.74, 6) is 0.227. The first-order valence-electron chi connectivity index (χ1n) is 10.0. The van der Waals surface area contributed by atoms with Gasteiger partial charge in [0.1, 0.15) is 12.4 Å². The van der Waals surface area contributed by atoms with E-state index in [4.69, 9.17) is 4.74 Å². The zero-order valence-corrected chi connectivity index (χ0v) is 16.2. The number of benzene rings is 1. The Hall–Kier alpha value is -1.97. The fourth-order valence-corrected chi connectivity index (χ4v) is 4.25. The molecule has 2 aromatic rings. The van der Waals surface area contributed by atoms with Gasteiger partial charge in [0.25, 0.3) is 5.56 Å². The van der Waals surface area contributed by atoms with Gasteiger partial charge < -0.3 is 4.74 Å². The molecule has 0 aliphatic carbocycles. The number of rotatable bonds is 5. The SMILES string of the molecule is O=c1c2ccccc2nc(C2CCCN2CCN2CCOCC2)n1CC(F)(F)F. The number of aromatic nitrogens is 2. The molecule has 2 aliphatic rings. The Morgan fingerprint density at radius 2 is 1.86 bits per heavy atom. The quantitative estimate of drug-likeness (QED) is 0.758. The van der Waals surface area contributed by atoms with Crippen LogP contribution in [-0.4, -0.2) is 71.5 Å². The van der Waals surface area contributed by atoms with Gasteiger partial charge in [0.05, 0.1) is 30.2 Å². The van der Waals surface area contributed by atoms with Crippen LogP contribution in [0.5, 0.6) is 0 Å². The average Bonchev–Trinajstić information content (AvgIpc) is 3.17. The van der Waals surface area contributed by atoms with Crippen molar-refractivity contribution < 1.29 is 17.9 Å². The highest BCUT2D eigenvalue weighted by molar-refractivity contribution is 5.77. The summed E-state index contributed by atoms with van der Waals surface area (Å²) < 4.78 is 46.0. The standard InChI is InChI=1S/C20H25F3N4O2/c21-20(22,23)14-27-18(24-16-5-2-1-4-15(16)19(27)28)17-6-3-7-26(17)9-8-25-10-12-29-13-11-25/h1-2,4-5,17H,3,6-14H2. The van der Waals surface area contributed by atoms with E-state index in [0.717, 1.165) is 43.7 Å². The predicted molar refractivity (Wildman–Crippen MR) is 103 cm³/mol. The molecular weight excluding hydrogens is 385 g/mol. The summed E-state index contributed by atoms with van der Waals surface area (Å²) in [6.07, 6.45) is -2.91. The zero-order valence-electron chi connectivity index (χ0n) is 16.2. The van der Waals surface area contributed by atoms with Crippen molar-refractivity contribution in [3.63, 3.8) is 0 Å². The molecule has 2 saturated heterocycles. The van der Waals surface area contributed by atoms with Gasteiger partial charge in [0.15, 0.2) is 0 Å². The molecule has 1 atom stereocenters. The van der Waals surface area contributed by atoms with Crippen LogP contribution in [-0.2, 0) is 11.3 Å².